The maximum absolute atomic E-state index is 12.9. The van der Waals surface area contributed by atoms with Crippen LogP contribution >= 0.6 is 11.6 Å². The van der Waals surface area contributed by atoms with Crippen molar-refractivity contribution in [2.24, 2.45) is 5.92 Å². The van der Waals surface area contributed by atoms with Crippen LogP contribution in [0, 0.1) is 5.92 Å². The van der Waals surface area contributed by atoms with Crippen molar-refractivity contribution < 1.29 is 4.79 Å². The zero-order valence-corrected chi connectivity index (χ0v) is 19.9. The number of fused-ring (bicyclic) bond motifs is 1. The fourth-order valence-electron chi connectivity index (χ4n) is 5.39. The van der Waals surface area contributed by atoms with E-state index in [1.165, 1.54) is 54.4 Å². The van der Waals surface area contributed by atoms with Crippen molar-refractivity contribution in [2.45, 2.75) is 51.4 Å². The molecule has 0 saturated heterocycles. The molecule has 4 heteroatoms. The molecule has 3 aromatic rings. The molecule has 170 valence electrons. The molecule has 0 unspecified atom stereocenters. The molecule has 1 aliphatic carbocycles. The molecule has 3 nitrogen and oxygen atoms in total. The number of anilines is 2. The van der Waals surface area contributed by atoms with E-state index < -0.39 is 0 Å². The summed E-state index contributed by atoms with van der Waals surface area (Å²) in [6, 6.07) is 22.8. The van der Waals surface area contributed by atoms with E-state index >= 15 is 0 Å². The van der Waals surface area contributed by atoms with Gasteiger partial charge in [0.15, 0.2) is 0 Å². The lowest BCUT2D eigenvalue weighted by Gasteiger charge is -2.28. The number of rotatable bonds is 4. The number of para-hydroxylation sites is 1. The van der Waals surface area contributed by atoms with E-state index in [1.807, 2.05) is 18.2 Å². The number of nitrogens with zero attached hydrogens (tertiary/aromatic N) is 1. The molecule has 0 radical (unpaired) electrons. The highest BCUT2D eigenvalue weighted by Crippen LogP contribution is 2.38. The molecule has 5 rings (SSSR count). The van der Waals surface area contributed by atoms with Crippen LogP contribution in [0.1, 0.15) is 56.1 Å². The Morgan fingerprint density at radius 2 is 1.70 bits per heavy atom. The van der Waals surface area contributed by atoms with Gasteiger partial charge in [-0.3, -0.25) is 4.90 Å². The van der Waals surface area contributed by atoms with Gasteiger partial charge in [-0.25, -0.2) is 4.79 Å². The van der Waals surface area contributed by atoms with Gasteiger partial charge in [-0.15, -0.1) is 0 Å². The van der Waals surface area contributed by atoms with Gasteiger partial charge in [-0.2, -0.15) is 0 Å². The van der Waals surface area contributed by atoms with Crippen molar-refractivity contribution in [3.8, 4) is 11.1 Å². The number of hydrogen-bond acceptors (Lipinski definition) is 1. The Morgan fingerprint density at radius 3 is 2.42 bits per heavy atom. The standard InChI is InChI=1S/C29H31ClN2O/c1-2-20-7-9-21(10-8-20)22-11-13-23(14-12-22)24-15-16-28-25(19-24)17-18-32(28)29(33)31-27-6-4-3-5-26(27)30/h3-6,11-16,19-21H,2,7-10,17-18H2,1H3,(H,31,33). The molecule has 1 heterocycles. The van der Waals surface area contributed by atoms with Crippen LogP contribution in [0.25, 0.3) is 11.1 Å². The predicted molar refractivity (Wildman–Crippen MR) is 138 cm³/mol. The summed E-state index contributed by atoms with van der Waals surface area (Å²) in [5, 5.41) is 3.48. The minimum absolute atomic E-state index is 0.142. The average Bonchev–Trinajstić information content (AvgIpc) is 3.29. The Bertz CT molecular complexity index is 1130. The molecular formula is C29H31ClN2O. The van der Waals surface area contributed by atoms with Crippen LogP contribution < -0.4 is 10.2 Å². The first-order valence-electron chi connectivity index (χ1n) is 12.2. The number of carbonyl (C=O) groups excluding carboxylic acids is 1. The van der Waals surface area contributed by atoms with Gasteiger partial charge in [-0.1, -0.05) is 67.4 Å². The molecule has 3 aromatic carbocycles. The number of amides is 2. The molecule has 1 fully saturated rings. The zero-order chi connectivity index (χ0) is 22.8. The van der Waals surface area contributed by atoms with Gasteiger partial charge in [-0.05, 0) is 90.5 Å². The van der Waals surface area contributed by atoms with E-state index in [0.717, 1.165) is 18.0 Å². The molecule has 0 atom stereocenters. The summed E-state index contributed by atoms with van der Waals surface area (Å²) in [4.78, 5) is 14.7. The molecule has 1 N–H and O–H groups in total. The van der Waals surface area contributed by atoms with Crippen molar-refractivity contribution in [2.75, 3.05) is 16.8 Å². The Kier molecular flexibility index (Phi) is 6.41. The molecule has 33 heavy (non-hydrogen) atoms. The second kappa shape index (κ2) is 9.61. The molecule has 1 saturated carbocycles. The molecule has 0 aromatic heterocycles. The predicted octanol–water partition coefficient (Wildman–Crippen LogP) is 8.29. The molecule has 1 aliphatic heterocycles. The summed E-state index contributed by atoms with van der Waals surface area (Å²) in [7, 11) is 0. The van der Waals surface area contributed by atoms with Gasteiger partial charge < -0.3 is 5.32 Å². The summed E-state index contributed by atoms with van der Waals surface area (Å²) in [5.74, 6) is 1.64. The fourth-order valence-corrected chi connectivity index (χ4v) is 5.57. The lowest BCUT2D eigenvalue weighted by molar-refractivity contribution is 0.257. The number of nitrogens with one attached hydrogen (secondary N) is 1. The quantitative estimate of drug-likeness (QED) is 0.419. The monoisotopic (exact) mass is 458 g/mol. The third-order valence-electron chi connectivity index (χ3n) is 7.48. The summed E-state index contributed by atoms with van der Waals surface area (Å²) < 4.78 is 0. The maximum Gasteiger partial charge on any atom is 0.326 e. The second-order valence-electron chi connectivity index (χ2n) is 9.40. The van der Waals surface area contributed by atoms with Crippen molar-refractivity contribution >= 4 is 29.0 Å². The van der Waals surface area contributed by atoms with Crippen LogP contribution in [0.15, 0.2) is 66.7 Å². The number of carbonyl (C=O) groups is 1. The number of urea groups is 1. The molecular weight excluding hydrogens is 428 g/mol. The van der Waals surface area contributed by atoms with Crippen LogP contribution in [0.4, 0.5) is 16.2 Å². The number of hydrogen-bond donors (Lipinski definition) is 1. The molecule has 2 aliphatic rings. The van der Waals surface area contributed by atoms with Gasteiger partial charge in [0.1, 0.15) is 0 Å². The number of halogens is 1. The normalized spacial score (nSPS) is 19.9. The van der Waals surface area contributed by atoms with Crippen LogP contribution in [-0.2, 0) is 6.42 Å². The highest BCUT2D eigenvalue weighted by atomic mass is 35.5. The van der Waals surface area contributed by atoms with E-state index in [2.05, 4.69) is 54.7 Å². The molecule has 2 amide bonds. The van der Waals surface area contributed by atoms with E-state index in [9.17, 15) is 4.79 Å². The topological polar surface area (TPSA) is 32.3 Å². The minimum atomic E-state index is -0.142. The third kappa shape index (κ3) is 4.65. The van der Waals surface area contributed by atoms with Crippen molar-refractivity contribution in [3.63, 3.8) is 0 Å². The molecule has 0 bridgehead atoms. The Morgan fingerprint density at radius 1 is 0.970 bits per heavy atom. The minimum Gasteiger partial charge on any atom is -0.306 e. The SMILES string of the molecule is CCC1CCC(c2ccc(-c3ccc4c(c3)CCN4C(=O)Nc3ccccc3Cl)cc2)CC1. The van der Waals surface area contributed by atoms with Gasteiger partial charge in [0.2, 0.25) is 0 Å². The molecule has 0 spiro atoms. The first-order valence-corrected chi connectivity index (χ1v) is 12.6. The maximum atomic E-state index is 12.9. The Hall–Kier alpha value is -2.78. The Labute approximate surface area is 201 Å². The summed E-state index contributed by atoms with van der Waals surface area (Å²) in [6.07, 6.45) is 7.56. The van der Waals surface area contributed by atoms with Gasteiger partial charge >= 0.3 is 6.03 Å². The highest BCUT2D eigenvalue weighted by Gasteiger charge is 2.26. The van der Waals surface area contributed by atoms with Crippen molar-refractivity contribution in [1.82, 2.24) is 0 Å². The third-order valence-corrected chi connectivity index (χ3v) is 7.80. The lowest BCUT2D eigenvalue weighted by Crippen LogP contribution is -2.33. The fraction of sp³-hybridized carbons (Fsp3) is 0.345. The zero-order valence-electron chi connectivity index (χ0n) is 19.2. The van der Waals surface area contributed by atoms with Crippen LogP contribution in [-0.4, -0.2) is 12.6 Å². The number of benzene rings is 3. The summed E-state index contributed by atoms with van der Waals surface area (Å²) in [5.41, 5.74) is 6.76. The first-order chi connectivity index (χ1) is 16.1. The van der Waals surface area contributed by atoms with Crippen LogP contribution in [0.2, 0.25) is 5.02 Å². The van der Waals surface area contributed by atoms with Crippen molar-refractivity contribution in [3.05, 3.63) is 82.9 Å². The first kappa shape index (κ1) is 22.0. The Balaban J connectivity index is 1.28. The smallest absolute Gasteiger partial charge is 0.306 e. The average molecular weight is 459 g/mol. The van der Waals surface area contributed by atoms with E-state index in [0.29, 0.717) is 23.2 Å². The summed E-state index contributed by atoms with van der Waals surface area (Å²) in [6.45, 7) is 3.00. The van der Waals surface area contributed by atoms with E-state index in [-0.39, 0.29) is 6.03 Å². The highest BCUT2D eigenvalue weighted by molar-refractivity contribution is 6.33. The van der Waals surface area contributed by atoms with Crippen LogP contribution in [0.3, 0.4) is 0 Å². The van der Waals surface area contributed by atoms with E-state index in [1.54, 1.807) is 11.0 Å². The van der Waals surface area contributed by atoms with E-state index in [4.69, 9.17) is 11.6 Å². The van der Waals surface area contributed by atoms with Gasteiger partial charge in [0.05, 0.1) is 10.7 Å². The van der Waals surface area contributed by atoms with Crippen LogP contribution in [0.5, 0.6) is 0 Å². The second-order valence-corrected chi connectivity index (χ2v) is 9.81. The largest absolute Gasteiger partial charge is 0.326 e. The van der Waals surface area contributed by atoms with Gasteiger partial charge in [0.25, 0.3) is 0 Å². The summed E-state index contributed by atoms with van der Waals surface area (Å²) >= 11 is 6.20. The van der Waals surface area contributed by atoms with Crippen molar-refractivity contribution in [1.29, 1.82) is 0 Å². The lowest BCUT2D eigenvalue weighted by atomic mass is 9.77. The van der Waals surface area contributed by atoms with Gasteiger partial charge in [0, 0.05) is 12.2 Å².